The molecule has 1 aliphatic heterocycles. The van der Waals surface area contributed by atoms with Gasteiger partial charge >= 0.3 is 0 Å². The Morgan fingerprint density at radius 3 is 2.65 bits per heavy atom. The van der Waals surface area contributed by atoms with Crippen LogP contribution in [0.1, 0.15) is 49.7 Å². The summed E-state index contributed by atoms with van der Waals surface area (Å²) >= 11 is 0. The predicted molar refractivity (Wildman–Crippen MR) is 63.5 cm³/mol. The summed E-state index contributed by atoms with van der Waals surface area (Å²) in [5.74, 6) is 1.94. The Balaban J connectivity index is 1.72. The number of nitrogens with zero attached hydrogens (tertiary/aromatic N) is 3. The second-order valence-electron chi connectivity index (χ2n) is 5.54. The lowest BCUT2D eigenvalue weighted by Crippen LogP contribution is -2.44. The van der Waals surface area contributed by atoms with Crippen molar-refractivity contribution in [3.8, 4) is 0 Å². The van der Waals surface area contributed by atoms with E-state index >= 15 is 0 Å². The topological polar surface area (TPSA) is 68.2 Å². The summed E-state index contributed by atoms with van der Waals surface area (Å²) in [7, 11) is 2.15. The van der Waals surface area contributed by atoms with Crippen LogP contribution in [0.5, 0.6) is 0 Å². The molecule has 2 N–H and O–H groups in total. The van der Waals surface area contributed by atoms with Crippen LogP contribution in [0, 0.1) is 0 Å². The van der Waals surface area contributed by atoms with Crippen LogP contribution >= 0.6 is 0 Å². The van der Waals surface area contributed by atoms with E-state index in [0.717, 1.165) is 50.5 Å². The molecule has 5 heteroatoms. The minimum Gasteiger partial charge on any atom is -0.339 e. The molecule has 5 nitrogen and oxygen atoms in total. The van der Waals surface area contributed by atoms with Gasteiger partial charge in [-0.3, -0.25) is 0 Å². The van der Waals surface area contributed by atoms with Gasteiger partial charge in [0.2, 0.25) is 5.89 Å². The van der Waals surface area contributed by atoms with E-state index in [0.29, 0.717) is 5.92 Å². The molecule has 1 aliphatic carbocycles. The first-order chi connectivity index (χ1) is 8.17. The fourth-order valence-corrected chi connectivity index (χ4v) is 2.64. The van der Waals surface area contributed by atoms with Gasteiger partial charge in [-0.05, 0) is 52.2 Å². The standard InChI is InChI=1S/C12H20N4O/c1-16-7-3-9(4-8-16)10-14-11(15-17-10)12(13)5-2-6-12/h9H,2-8,13H2,1H3. The van der Waals surface area contributed by atoms with Crippen LogP contribution < -0.4 is 5.73 Å². The molecule has 17 heavy (non-hydrogen) atoms. The van der Waals surface area contributed by atoms with E-state index in [1.54, 1.807) is 0 Å². The number of rotatable bonds is 2. The third kappa shape index (κ3) is 1.98. The fraction of sp³-hybridized carbons (Fsp3) is 0.833. The number of hydrogen-bond acceptors (Lipinski definition) is 5. The van der Waals surface area contributed by atoms with Crippen molar-refractivity contribution in [3.63, 3.8) is 0 Å². The monoisotopic (exact) mass is 236 g/mol. The van der Waals surface area contributed by atoms with Crippen molar-refractivity contribution in [2.75, 3.05) is 20.1 Å². The van der Waals surface area contributed by atoms with Gasteiger partial charge in [-0.1, -0.05) is 5.16 Å². The number of likely N-dealkylation sites (tertiary alicyclic amines) is 1. The average molecular weight is 236 g/mol. The molecule has 0 spiro atoms. The fourth-order valence-electron chi connectivity index (χ4n) is 2.64. The Labute approximate surface area is 101 Å². The molecule has 2 aliphatic rings. The van der Waals surface area contributed by atoms with E-state index in [1.807, 2.05) is 0 Å². The number of piperidine rings is 1. The highest BCUT2D eigenvalue weighted by molar-refractivity contribution is 5.10. The Bertz CT molecular complexity index is 391. The van der Waals surface area contributed by atoms with E-state index < -0.39 is 0 Å². The maximum absolute atomic E-state index is 6.20. The second-order valence-corrected chi connectivity index (χ2v) is 5.54. The van der Waals surface area contributed by atoms with Crippen molar-refractivity contribution in [2.24, 2.45) is 5.73 Å². The SMILES string of the molecule is CN1CCC(c2nc(C3(N)CCC3)no2)CC1. The van der Waals surface area contributed by atoms with Crippen LogP contribution in [0.2, 0.25) is 0 Å². The molecule has 2 heterocycles. The summed E-state index contributed by atoms with van der Waals surface area (Å²) in [5, 5.41) is 4.08. The van der Waals surface area contributed by atoms with Gasteiger partial charge in [0.05, 0.1) is 5.54 Å². The molecule has 0 atom stereocenters. The van der Waals surface area contributed by atoms with Crippen molar-refractivity contribution >= 4 is 0 Å². The van der Waals surface area contributed by atoms with E-state index in [-0.39, 0.29) is 5.54 Å². The van der Waals surface area contributed by atoms with Gasteiger partial charge in [-0.15, -0.1) is 0 Å². The molecule has 0 aromatic carbocycles. The maximum Gasteiger partial charge on any atom is 0.229 e. The minimum absolute atomic E-state index is 0.298. The van der Waals surface area contributed by atoms with Crippen LogP contribution in [-0.2, 0) is 5.54 Å². The Kier molecular flexibility index (Phi) is 2.67. The maximum atomic E-state index is 6.20. The first-order valence-electron chi connectivity index (χ1n) is 6.49. The highest BCUT2D eigenvalue weighted by atomic mass is 16.5. The van der Waals surface area contributed by atoms with Gasteiger partial charge in [0.25, 0.3) is 0 Å². The molecule has 0 unspecified atom stereocenters. The quantitative estimate of drug-likeness (QED) is 0.836. The van der Waals surface area contributed by atoms with E-state index in [9.17, 15) is 0 Å². The third-order valence-electron chi connectivity index (χ3n) is 4.20. The highest BCUT2D eigenvalue weighted by Gasteiger charge is 2.39. The van der Waals surface area contributed by atoms with Gasteiger partial charge < -0.3 is 15.2 Å². The molecular formula is C12H20N4O. The summed E-state index contributed by atoms with van der Waals surface area (Å²) in [6.07, 6.45) is 5.36. The molecule has 1 saturated heterocycles. The number of aromatic nitrogens is 2. The van der Waals surface area contributed by atoms with Crippen molar-refractivity contribution in [1.82, 2.24) is 15.0 Å². The van der Waals surface area contributed by atoms with Crippen molar-refractivity contribution in [1.29, 1.82) is 0 Å². The molecule has 1 aromatic rings. The highest BCUT2D eigenvalue weighted by Crippen LogP contribution is 2.38. The summed E-state index contributed by atoms with van der Waals surface area (Å²) in [6, 6.07) is 0. The van der Waals surface area contributed by atoms with Crippen LogP contribution in [0.4, 0.5) is 0 Å². The zero-order valence-electron chi connectivity index (χ0n) is 10.4. The van der Waals surface area contributed by atoms with Crippen LogP contribution in [-0.4, -0.2) is 35.2 Å². The predicted octanol–water partition coefficient (Wildman–Crippen LogP) is 1.22. The first-order valence-corrected chi connectivity index (χ1v) is 6.49. The van der Waals surface area contributed by atoms with Crippen molar-refractivity contribution in [3.05, 3.63) is 11.7 Å². The molecule has 1 aromatic heterocycles. The van der Waals surface area contributed by atoms with Gasteiger partial charge in [0.15, 0.2) is 5.82 Å². The summed E-state index contributed by atoms with van der Waals surface area (Å²) in [6.45, 7) is 2.21. The Hall–Kier alpha value is -0.940. The molecular weight excluding hydrogens is 216 g/mol. The lowest BCUT2D eigenvalue weighted by atomic mass is 9.77. The zero-order chi connectivity index (χ0) is 11.9. The third-order valence-corrected chi connectivity index (χ3v) is 4.20. The van der Waals surface area contributed by atoms with Gasteiger partial charge in [0.1, 0.15) is 0 Å². The lowest BCUT2D eigenvalue weighted by molar-refractivity contribution is 0.219. The van der Waals surface area contributed by atoms with Gasteiger partial charge in [0, 0.05) is 5.92 Å². The molecule has 2 fully saturated rings. The van der Waals surface area contributed by atoms with Gasteiger partial charge in [-0.25, -0.2) is 0 Å². The summed E-state index contributed by atoms with van der Waals surface area (Å²) < 4.78 is 5.40. The van der Waals surface area contributed by atoms with Crippen molar-refractivity contribution < 1.29 is 4.52 Å². The van der Waals surface area contributed by atoms with Crippen LogP contribution in [0.15, 0.2) is 4.52 Å². The van der Waals surface area contributed by atoms with Crippen LogP contribution in [0.25, 0.3) is 0 Å². The molecule has 0 bridgehead atoms. The minimum atomic E-state index is -0.298. The summed E-state index contributed by atoms with van der Waals surface area (Å²) in [4.78, 5) is 6.87. The Morgan fingerprint density at radius 1 is 1.35 bits per heavy atom. The molecule has 1 saturated carbocycles. The normalized spacial score (nSPS) is 25.8. The summed E-state index contributed by atoms with van der Waals surface area (Å²) in [5.41, 5.74) is 5.90. The van der Waals surface area contributed by atoms with E-state index in [1.165, 1.54) is 6.42 Å². The van der Waals surface area contributed by atoms with Crippen molar-refractivity contribution in [2.45, 2.75) is 43.6 Å². The number of hydrogen-bond donors (Lipinski definition) is 1. The van der Waals surface area contributed by atoms with Crippen LogP contribution in [0.3, 0.4) is 0 Å². The number of nitrogens with two attached hydrogens (primary N) is 1. The smallest absolute Gasteiger partial charge is 0.229 e. The molecule has 3 rings (SSSR count). The Morgan fingerprint density at radius 2 is 2.06 bits per heavy atom. The molecule has 0 amide bonds. The molecule has 0 radical (unpaired) electrons. The van der Waals surface area contributed by atoms with E-state index in [2.05, 4.69) is 22.1 Å². The lowest BCUT2D eigenvalue weighted by Gasteiger charge is -2.34. The van der Waals surface area contributed by atoms with Gasteiger partial charge in [-0.2, -0.15) is 4.98 Å². The van der Waals surface area contributed by atoms with E-state index in [4.69, 9.17) is 10.3 Å². The molecule has 94 valence electrons. The largest absolute Gasteiger partial charge is 0.339 e. The average Bonchev–Trinajstić information content (AvgIpc) is 2.76. The zero-order valence-corrected chi connectivity index (χ0v) is 10.4. The second kappa shape index (κ2) is 4.07. The first kappa shape index (κ1) is 11.2.